The molecule has 12 heteroatoms. The lowest BCUT2D eigenvalue weighted by Crippen LogP contribution is -2.47. The molecule has 1 aliphatic heterocycles. The van der Waals surface area contributed by atoms with Gasteiger partial charge in [0.1, 0.15) is 5.75 Å². The standard InChI is InChI=1S/C29H32F3N5O4/c1-40-17-12-33-27(38)23-19-22(35-28(39)34-21-7-5-6-20(18-21)29(30,31)32)10-11-24(23)36-13-15-37(16-14-36)25-8-3-4-9-26(25)41-2/h3-11,18-19H,12-17H2,1-2H3,(H,33,38)(H2,34,35,39). The van der Waals surface area contributed by atoms with E-state index in [0.717, 1.165) is 23.6 Å². The Morgan fingerprint density at radius 2 is 1.49 bits per heavy atom. The molecule has 0 spiro atoms. The summed E-state index contributed by atoms with van der Waals surface area (Å²) in [7, 11) is 3.17. The van der Waals surface area contributed by atoms with E-state index in [4.69, 9.17) is 9.47 Å². The van der Waals surface area contributed by atoms with Gasteiger partial charge in [-0.1, -0.05) is 18.2 Å². The Morgan fingerprint density at radius 3 is 2.15 bits per heavy atom. The number of hydrogen-bond donors (Lipinski definition) is 3. The van der Waals surface area contributed by atoms with Gasteiger partial charge in [0, 0.05) is 56.9 Å². The fourth-order valence-corrected chi connectivity index (χ4v) is 4.58. The zero-order valence-electron chi connectivity index (χ0n) is 22.8. The molecule has 9 nitrogen and oxygen atoms in total. The second-order valence-electron chi connectivity index (χ2n) is 9.28. The van der Waals surface area contributed by atoms with Crippen molar-refractivity contribution in [2.75, 3.05) is 74.0 Å². The van der Waals surface area contributed by atoms with Gasteiger partial charge in [-0.3, -0.25) is 4.79 Å². The van der Waals surface area contributed by atoms with E-state index in [1.807, 2.05) is 24.3 Å². The van der Waals surface area contributed by atoms with Crippen LogP contribution in [0, 0.1) is 0 Å². The number of ether oxygens (including phenoxy) is 2. The monoisotopic (exact) mass is 571 g/mol. The predicted molar refractivity (Wildman–Crippen MR) is 152 cm³/mol. The number of halogens is 3. The van der Waals surface area contributed by atoms with E-state index in [9.17, 15) is 22.8 Å². The number of methoxy groups -OCH3 is 2. The number of carbonyl (C=O) groups is 2. The van der Waals surface area contributed by atoms with Gasteiger partial charge in [0.2, 0.25) is 0 Å². The van der Waals surface area contributed by atoms with Gasteiger partial charge in [-0.2, -0.15) is 13.2 Å². The lowest BCUT2D eigenvalue weighted by Gasteiger charge is -2.38. The molecule has 1 saturated heterocycles. The number of carbonyl (C=O) groups excluding carboxylic acids is 2. The maximum atomic E-state index is 13.2. The number of urea groups is 1. The first-order chi connectivity index (χ1) is 19.7. The first-order valence-electron chi connectivity index (χ1n) is 13.0. The van der Waals surface area contributed by atoms with E-state index >= 15 is 0 Å². The molecule has 218 valence electrons. The van der Waals surface area contributed by atoms with Crippen LogP contribution in [0.1, 0.15) is 15.9 Å². The summed E-state index contributed by atoms with van der Waals surface area (Å²) in [6.45, 7) is 3.30. The SMILES string of the molecule is COCCNC(=O)c1cc(NC(=O)Nc2cccc(C(F)(F)F)c2)ccc1N1CCN(c2ccccc2OC)CC1. The van der Waals surface area contributed by atoms with E-state index in [0.29, 0.717) is 56.3 Å². The molecule has 41 heavy (non-hydrogen) atoms. The Hall–Kier alpha value is -4.45. The Morgan fingerprint density at radius 1 is 0.829 bits per heavy atom. The van der Waals surface area contributed by atoms with Crippen LogP contribution in [0.4, 0.5) is 40.7 Å². The summed E-state index contributed by atoms with van der Waals surface area (Å²) in [5, 5.41) is 7.83. The molecular weight excluding hydrogens is 539 g/mol. The number of rotatable bonds is 9. The number of benzene rings is 3. The highest BCUT2D eigenvalue weighted by Crippen LogP contribution is 2.32. The normalized spacial score (nSPS) is 13.5. The summed E-state index contributed by atoms with van der Waals surface area (Å²) in [5.74, 6) is 0.448. The van der Waals surface area contributed by atoms with E-state index in [1.54, 1.807) is 25.3 Å². The highest BCUT2D eigenvalue weighted by molar-refractivity contribution is 6.04. The minimum atomic E-state index is -4.53. The molecule has 0 radical (unpaired) electrons. The summed E-state index contributed by atoms with van der Waals surface area (Å²) < 4.78 is 49.6. The summed E-state index contributed by atoms with van der Waals surface area (Å²) in [6, 6.07) is 16.4. The third-order valence-corrected chi connectivity index (χ3v) is 6.58. The molecule has 0 unspecified atom stereocenters. The smallest absolute Gasteiger partial charge is 0.416 e. The summed E-state index contributed by atoms with van der Waals surface area (Å²) in [6.07, 6.45) is -4.53. The molecule has 0 aliphatic carbocycles. The molecule has 3 amide bonds. The zero-order valence-corrected chi connectivity index (χ0v) is 22.8. The van der Waals surface area contributed by atoms with Crippen LogP contribution in [-0.4, -0.2) is 65.5 Å². The molecule has 4 rings (SSSR count). The molecule has 3 aromatic carbocycles. The molecule has 3 N–H and O–H groups in total. The fraction of sp³-hybridized carbons (Fsp3) is 0.310. The number of nitrogens with one attached hydrogen (secondary N) is 3. The second kappa shape index (κ2) is 13.3. The van der Waals surface area contributed by atoms with Crippen LogP contribution >= 0.6 is 0 Å². The lowest BCUT2D eigenvalue weighted by atomic mass is 10.1. The van der Waals surface area contributed by atoms with Crippen molar-refractivity contribution in [2.45, 2.75) is 6.18 Å². The number of piperazine rings is 1. The molecule has 1 aliphatic rings. The van der Waals surface area contributed by atoms with Crippen LogP contribution in [0.15, 0.2) is 66.7 Å². The van der Waals surface area contributed by atoms with Crippen LogP contribution in [0.5, 0.6) is 5.75 Å². The van der Waals surface area contributed by atoms with Crippen molar-refractivity contribution in [2.24, 2.45) is 0 Å². The first-order valence-corrected chi connectivity index (χ1v) is 13.0. The van der Waals surface area contributed by atoms with Gasteiger partial charge in [-0.05, 0) is 48.5 Å². The molecule has 1 heterocycles. The minimum absolute atomic E-state index is 0.0144. The fourth-order valence-electron chi connectivity index (χ4n) is 4.58. The predicted octanol–water partition coefficient (Wildman–Crippen LogP) is 5.06. The van der Waals surface area contributed by atoms with Gasteiger partial charge in [0.15, 0.2) is 0 Å². The molecule has 3 aromatic rings. The third kappa shape index (κ3) is 7.60. The Balaban J connectivity index is 1.50. The van der Waals surface area contributed by atoms with Crippen molar-refractivity contribution >= 4 is 34.7 Å². The third-order valence-electron chi connectivity index (χ3n) is 6.58. The Kier molecular flexibility index (Phi) is 9.56. The number of hydrogen-bond acceptors (Lipinski definition) is 6. The van der Waals surface area contributed by atoms with E-state index in [1.165, 1.54) is 19.2 Å². The minimum Gasteiger partial charge on any atom is -0.495 e. The van der Waals surface area contributed by atoms with Gasteiger partial charge >= 0.3 is 12.2 Å². The Bertz CT molecular complexity index is 1360. The average Bonchev–Trinajstić information content (AvgIpc) is 2.97. The molecule has 1 fully saturated rings. The highest BCUT2D eigenvalue weighted by atomic mass is 19.4. The van der Waals surface area contributed by atoms with E-state index in [-0.39, 0.29) is 11.6 Å². The van der Waals surface area contributed by atoms with E-state index < -0.39 is 17.8 Å². The van der Waals surface area contributed by atoms with Crippen LogP contribution < -0.4 is 30.5 Å². The molecular formula is C29H32F3N5O4. The van der Waals surface area contributed by atoms with Crippen LogP contribution in [0.3, 0.4) is 0 Å². The van der Waals surface area contributed by atoms with Gasteiger partial charge in [-0.15, -0.1) is 0 Å². The number of nitrogens with zero attached hydrogens (tertiary/aromatic N) is 2. The maximum absolute atomic E-state index is 13.2. The molecule has 0 saturated carbocycles. The summed E-state index contributed by atoms with van der Waals surface area (Å²) in [4.78, 5) is 30.1. The van der Waals surface area contributed by atoms with Crippen LogP contribution in [0.2, 0.25) is 0 Å². The number of para-hydroxylation sites is 2. The van der Waals surface area contributed by atoms with E-state index in [2.05, 4.69) is 25.8 Å². The Labute approximate surface area is 236 Å². The van der Waals surface area contributed by atoms with Crippen molar-refractivity contribution in [3.63, 3.8) is 0 Å². The topological polar surface area (TPSA) is 95.2 Å². The number of amides is 3. The van der Waals surface area contributed by atoms with Crippen molar-refractivity contribution in [1.82, 2.24) is 5.32 Å². The van der Waals surface area contributed by atoms with Crippen molar-refractivity contribution in [1.29, 1.82) is 0 Å². The second-order valence-corrected chi connectivity index (χ2v) is 9.28. The van der Waals surface area contributed by atoms with Crippen molar-refractivity contribution in [3.8, 4) is 5.75 Å². The molecule has 0 aromatic heterocycles. The largest absolute Gasteiger partial charge is 0.495 e. The van der Waals surface area contributed by atoms with Crippen LogP contribution in [0.25, 0.3) is 0 Å². The van der Waals surface area contributed by atoms with Gasteiger partial charge in [-0.25, -0.2) is 4.79 Å². The number of alkyl halides is 3. The maximum Gasteiger partial charge on any atom is 0.416 e. The zero-order chi connectivity index (χ0) is 29.4. The first kappa shape index (κ1) is 29.5. The molecule has 0 atom stereocenters. The van der Waals surface area contributed by atoms with Crippen molar-refractivity contribution in [3.05, 3.63) is 77.9 Å². The van der Waals surface area contributed by atoms with Gasteiger partial charge < -0.3 is 35.2 Å². The van der Waals surface area contributed by atoms with Gasteiger partial charge in [0.25, 0.3) is 5.91 Å². The highest BCUT2D eigenvalue weighted by Gasteiger charge is 2.30. The van der Waals surface area contributed by atoms with Crippen molar-refractivity contribution < 1.29 is 32.2 Å². The summed E-state index contributed by atoms with van der Waals surface area (Å²) in [5.41, 5.74) is 1.47. The number of anilines is 4. The average molecular weight is 572 g/mol. The summed E-state index contributed by atoms with van der Waals surface area (Å²) >= 11 is 0. The van der Waals surface area contributed by atoms with Crippen LogP contribution in [-0.2, 0) is 10.9 Å². The quantitative estimate of drug-likeness (QED) is 0.311. The molecule has 0 bridgehead atoms. The van der Waals surface area contributed by atoms with Gasteiger partial charge in [0.05, 0.1) is 30.5 Å². The lowest BCUT2D eigenvalue weighted by molar-refractivity contribution is -0.137.